The van der Waals surface area contributed by atoms with E-state index in [4.69, 9.17) is 9.47 Å². The Morgan fingerprint density at radius 1 is 1.27 bits per heavy atom. The predicted molar refractivity (Wildman–Crippen MR) is 88.2 cm³/mol. The maximum Gasteiger partial charge on any atom is 0.345 e. The predicted octanol–water partition coefficient (Wildman–Crippen LogP) is 4.55. The van der Waals surface area contributed by atoms with Gasteiger partial charge >= 0.3 is 5.97 Å². The van der Waals surface area contributed by atoms with Gasteiger partial charge in [0.05, 0.1) is 0 Å². The van der Waals surface area contributed by atoms with Crippen LogP contribution in [0.2, 0.25) is 0 Å². The van der Waals surface area contributed by atoms with E-state index in [0.29, 0.717) is 5.57 Å². The molecular formula is C19H28O3. The molecule has 2 rings (SSSR count). The molecule has 122 valence electrons. The minimum absolute atomic E-state index is 0.162. The minimum atomic E-state index is -1.01. The number of cyclic esters (lactones) is 1. The fourth-order valence-corrected chi connectivity index (χ4v) is 3.25. The van der Waals surface area contributed by atoms with Crippen molar-refractivity contribution >= 4 is 5.97 Å². The molecule has 1 saturated heterocycles. The van der Waals surface area contributed by atoms with Crippen LogP contribution >= 0.6 is 0 Å². The van der Waals surface area contributed by atoms with Gasteiger partial charge in [-0.2, -0.15) is 0 Å². The lowest BCUT2D eigenvalue weighted by atomic mass is 9.80. The molecule has 3 nitrogen and oxygen atoms in total. The summed E-state index contributed by atoms with van der Waals surface area (Å²) in [5, 5.41) is 0. The Hall–Kier alpha value is -1.35. The lowest BCUT2D eigenvalue weighted by molar-refractivity contribution is -0.156. The molecule has 1 aliphatic heterocycles. The van der Waals surface area contributed by atoms with E-state index < -0.39 is 11.9 Å². The van der Waals surface area contributed by atoms with Crippen molar-refractivity contribution < 1.29 is 14.3 Å². The molecule has 3 heteroatoms. The Balaban J connectivity index is 2.34. The highest BCUT2D eigenvalue weighted by atomic mass is 16.8. The van der Waals surface area contributed by atoms with Crippen LogP contribution in [0.15, 0.2) is 36.5 Å². The van der Waals surface area contributed by atoms with E-state index in [1.807, 2.05) is 52.0 Å². The highest BCUT2D eigenvalue weighted by Crippen LogP contribution is 2.48. The molecule has 2 aliphatic rings. The van der Waals surface area contributed by atoms with E-state index in [0.717, 1.165) is 25.7 Å². The highest BCUT2D eigenvalue weighted by molar-refractivity contribution is 5.86. The molecule has 22 heavy (non-hydrogen) atoms. The molecule has 0 aromatic heterocycles. The van der Waals surface area contributed by atoms with E-state index in [1.54, 1.807) is 0 Å². The van der Waals surface area contributed by atoms with E-state index in [2.05, 4.69) is 6.58 Å². The summed E-state index contributed by atoms with van der Waals surface area (Å²) in [6.45, 7) is 12.2. The summed E-state index contributed by atoms with van der Waals surface area (Å²) in [5.74, 6) is -0.107. The summed E-state index contributed by atoms with van der Waals surface area (Å²) in [5.41, 5.74) is -0.551. The van der Waals surface area contributed by atoms with Crippen molar-refractivity contribution in [3.05, 3.63) is 36.5 Å². The number of ether oxygens (including phenoxy) is 2. The second-order valence-electron chi connectivity index (χ2n) is 7.35. The molecule has 2 fully saturated rings. The van der Waals surface area contributed by atoms with Gasteiger partial charge in [-0.1, -0.05) is 64.5 Å². The first-order chi connectivity index (χ1) is 10.3. The summed E-state index contributed by atoms with van der Waals surface area (Å²) in [4.78, 5) is 12.8. The van der Waals surface area contributed by atoms with Gasteiger partial charge in [0.15, 0.2) is 5.60 Å². The SMILES string of the molecule is C=C(/C=C\C=C/C)[C@@]1(C2CCCC2)OC(C(C)(C)C)OC1=O. The fourth-order valence-electron chi connectivity index (χ4n) is 3.25. The molecule has 1 unspecified atom stereocenters. The van der Waals surface area contributed by atoms with Crippen molar-refractivity contribution in [2.75, 3.05) is 0 Å². The fraction of sp³-hybridized carbons (Fsp3) is 0.632. The van der Waals surface area contributed by atoms with Crippen molar-refractivity contribution in [1.82, 2.24) is 0 Å². The third-order valence-corrected chi connectivity index (χ3v) is 4.53. The van der Waals surface area contributed by atoms with Crippen LogP contribution in [0.3, 0.4) is 0 Å². The first-order valence-electron chi connectivity index (χ1n) is 8.20. The van der Waals surface area contributed by atoms with Crippen LogP contribution in [0.25, 0.3) is 0 Å². The van der Waals surface area contributed by atoms with Crippen molar-refractivity contribution in [1.29, 1.82) is 0 Å². The van der Waals surface area contributed by atoms with Gasteiger partial charge in [0.25, 0.3) is 0 Å². The second-order valence-corrected chi connectivity index (χ2v) is 7.35. The molecule has 0 amide bonds. The zero-order valence-corrected chi connectivity index (χ0v) is 14.2. The van der Waals surface area contributed by atoms with Gasteiger partial charge in [-0.3, -0.25) is 0 Å². The topological polar surface area (TPSA) is 35.5 Å². The number of hydrogen-bond acceptors (Lipinski definition) is 3. The Bertz CT molecular complexity index is 489. The molecular weight excluding hydrogens is 276 g/mol. The van der Waals surface area contributed by atoms with Gasteiger partial charge in [-0.25, -0.2) is 4.79 Å². The monoisotopic (exact) mass is 304 g/mol. The van der Waals surface area contributed by atoms with Crippen molar-refractivity contribution in [2.24, 2.45) is 11.3 Å². The number of carbonyl (C=O) groups is 1. The molecule has 0 aromatic carbocycles. The van der Waals surface area contributed by atoms with Crippen LogP contribution < -0.4 is 0 Å². The lowest BCUT2D eigenvalue weighted by Gasteiger charge is -2.33. The van der Waals surface area contributed by atoms with E-state index in [-0.39, 0.29) is 17.3 Å². The van der Waals surface area contributed by atoms with Crippen LogP contribution in [-0.2, 0) is 14.3 Å². The first kappa shape index (κ1) is 17.0. The molecule has 0 spiro atoms. The number of allylic oxidation sites excluding steroid dienone is 3. The standard InChI is InChI=1S/C19H28O3/c1-6-7-8-11-14(2)19(15-12-9-10-13-15)16(20)21-17(22-19)18(3,4)5/h6-8,11,15,17H,2,9-10,12-13H2,1,3-5H3/b7-6-,11-8-/t17?,19-/m0/s1. The molecule has 1 heterocycles. The van der Waals surface area contributed by atoms with E-state index in [1.165, 1.54) is 0 Å². The molecule has 0 radical (unpaired) electrons. The summed E-state index contributed by atoms with van der Waals surface area (Å²) < 4.78 is 11.9. The largest absolute Gasteiger partial charge is 0.433 e. The number of carbonyl (C=O) groups excluding carboxylic acids is 1. The van der Waals surface area contributed by atoms with Gasteiger partial charge in [0.2, 0.25) is 6.29 Å². The maximum absolute atomic E-state index is 12.8. The smallest absolute Gasteiger partial charge is 0.345 e. The van der Waals surface area contributed by atoms with Gasteiger partial charge in [-0.05, 0) is 25.3 Å². The summed E-state index contributed by atoms with van der Waals surface area (Å²) in [6, 6.07) is 0. The van der Waals surface area contributed by atoms with Crippen LogP contribution in [0.5, 0.6) is 0 Å². The lowest BCUT2D eigenvalue weighted by Crippen LogP contribution is -2.45. The Morgan fingerprint density at radius 2 is 1.91 bits per heavy atom. The Labute approximate surface area is 134 Å². The molecule has 0 aromatic rings. The van der Waals surface area contributed by atoms with Crippen molar-refractivity contribution in [2.45, 2.75) is 65.3 Å². The zero-order valence-electron chi connectivity index (χ0n) is 14.2. The maximum atomic E-state index is 12.8. The number of rotatable bonds is 4. The third kappa shape index (κ3) is 3.05. The van der Waals surface area contributed by atoms with E-state index in [9.17, 15) is 4.79 Å². The average Bonchev–Trinajstić information content (AvgIpc) is 3.06. The third-order valence-electron chi connectivity index (χ3n) is 4.53. The Morgan fingerprint density at radius 3 is 2.41 bits per heavy atom. The van der Waals surface area contributed by atoms with Gasteiger partial charge in [0, 0.05) is 11.3 Å². The quantitative estimate of drug-likeness (QED) is 0.564. The molecule has 1 saturated carbocycles. The minimum Gasteiger partial charge on any atom is -0.433 e. The summed E-state index contributed by atoms with van der Waals surface area (Å²) in [7, 11) is 0. The van der Waals surface area contributed by atoms with Crippen LogP contribution in [0.4, 0.5) is 0 Å². The van der Waals surface area contributed by atoms with Gasteiger partial charge in [-0.15, -0.1) is 0 Å². The average molecular weight is 304 g/mol. The van der Waals surface area contributed by atoms with Gasteiger partial charge < -0.3 is 9.47 Å². The molecule has 2 atom stereocenters. The molecule has 1 aliphatic carbocycles. The van der Waals surface area contributed by atoms with Crippen molar-refractivity contribution in [3.8, 4) is 0 Å². The van der Waals surface area contributed by atoms with Gasteiger partial charge in [0.1, 0.15) is 0 Å². The summed E-state index contributed by atoms with van der Waals surface area (Å²) >= 11 is 0. The summed E-state index contributed by atoms with van der Waals surface area (Å²) in [6.07, 6.45) is 11.4. The van der Waals surface area contributed by atoms with E-state index >= 15 is 0 Å². The van der Waals surface area contributed by atoms with Crippen LogP contribution in [0, 0.1) is 11.3 Å². The number of esters is 1. The first-order valence-corrected chi connectivity index (χ1v) is 8.20. The van der Waals surface area contributed by atoms with Crippen molar-refractivity contribution in [3.63, 3.8) is 0 Å². The second kappa shape index (κ2) is 6.41. The van der Waals surface area contributed by atoms with Crippen LogP contribution in [0.1, 0.15) is 53.4 Å². The molecule has 0 bridgehead atoms. The van der Waals surface area contributed by atoms with Crippen LogP contribution in [-0.4, -0.2) is 17.9 Å². The zero-order chi connectivity index (χ0) is 16.4. The normalized spacial score (nSPS) is 30.5. The highest BCUT2D eigenvalue weighted by Gasteiger charge is 2.59. The Kier molecular flexibility index (Phi) is 4.96. The number of hydrogen-bond donors (Lipinski definition) is 0. The molecule has 0 N–H and O–H groups in total.